The number of nitrogens with one attached hydrogen (secondary N) is 4. The van der Waals surface area contributed by atoms with E-state index in [0.717, 1.165) is 5.56 Å². The van der Waals surface area contributed by atoms with Crippen molar-refractivity contribution in [3.8, 4) is 22.6 Å². The summed E-state index contributed by atoms with van der Waals surface area (Å²) in [5, 5.41) is 9.75. The van der Waals surface area contributed by atoms with E-state index in [-0.39, 0.29) is 18.5 Å². The highest BCUT2D eigenvalue weighted by Gasteiger charge is 2.24. The number of aliphatic imine (C=N–C) groups is 2. The maximum atomic E-state index is 12.6. The predicted octanol–water partition coefficient (Wildman–Crippen LogP) is 7.07. The number of alkyl carbamates (subject to hydrolysis) is 4. The van der Waals surface area contributed by atoms with Crippen LogP contribution >= 0.6 is 0 Å². The van der Waals surface area contributed by atoms with Gasteiger partial charge in [-0.3, -0.25) is 21.3 Å². The second-order valence-electron chi connectivity index (χ2n) is 16.5. The molecule has 2 atom stereocenters. The van der Waals surface area contributed by atoms with Crippen LogP contribution in [0.3, 0.4) is 0 Å². The van der Waals surface area contributed by atoms with E-state index in [1.165, 1.54) is 0 Å². The minimum atomic E-state index is -0.959. The van der Waals surface area contributed by atoms with E-state index in [2.05, 4.69) is 31.3 Å². The standard InChI is InChI=1S/C39H59N7O10/c1-23(41-30(43-32(47)53-36(3,4)5)44-33(48)54-37(6,7)8)51-27-17-15-16-26(21-27)28-20-25(22-40)18-19-29(28)52-24(2)42-31(45-34(49)55-38(9,10)11)46-35(50)56-39(12,13)14/h15-21,23-24H,22,40H2,1-14H3,(H2,41,43,44,47,48)(H2,42,45,46,49,50). The van der Waals surface area contributed by atoms with Crippen molar-refractivity contribution < 1.29 is 47.6 Å². The van der Waals surface area contributed by atoms with E-state index in [1.807, 2.05) is 12.1 Å². The van der Waals surface area contributed by atoms with Crippen LogP contribution < -0.4 is 36.5 Å². The lowest BCUT2D eigenvalue weighted by atomic mass is 10.0. The number of hydrogen-bond acceptors (Lipinski definition) is 13. The molecule has 310 valence electrons. The van der Waals surface area contributed by atoms with Gasteiger partial charge in [-0.2, -0.15) is 0 Å². The molecule has 0 radical (unpaired) electrons. The van der Waals surface area contributed by atoms with Gasteiger partial charge in [0.25, 0.3) is 0 Å². The van der Waals surface area contributed by atoms with Gasteiger partial charge in [-0.25, -0.2) is 29.2 Å². The van der Waals surface area contributed by atoms with Gasteiger partial charge in [0, 0.05) is 12.1 Å². The highest BCUT2D eigenvalue weighted by atomic mass is 16.6. The van der Waals surface area contributed by atoms with Gasteiger partial charge in [-0.1, -0.05) is 18.2 Å². The van der Waals surface area contributed by atoms with Crippen LogP contribution in [0.25, 0.3) is 11.1 Å². The van der Waals surface area contributed by atoms with Crippen molar-refractivity contribution in [2.45, 2.75) is 138 Å². The summed E-state index contributed by atoms with van der Waals surface area (Å²) in [5.74, 6) is 0.265. The van der Waals surface area contributed by atoms with Crippen molar-refractivity contribution in [1.82, 2.24) is 21.3 Å². The first kappa shape index (κ1) is 46.6. The average molecular weight is 786 g/mol. The molecule has 0 fully saturated rings. The normalized spacial score (nSPS) is 12.8. The van der Waals surface area contributed by atoms with Crippen LogP contribution in [0.4, 0.5) is 19.2 Å². The van der Waals surface area contributed by atoms with Crippen molar-refractivity contribution in [1.29, 1.82) is 0 Å². The number of nitrogens with two attached hydrogens (primary N) is 1. The lowest BCUT2D eigenvalue weighted by molar-refractivity contribution is 0.0519. The molecule has 2 aromatic rings. The molecule has 0 aliphatic heterocycles. The maximum Gasteiger partial charge on any atom is 0.414 e. The number of guanidine groups is 2. The fraction of sp³-hybridized carbons (Fsp3) is 0.538. The Morgan fingerprint density at radius 2 is 0.982 bits per heavy atom. The summed E-state index contributed by atoms with van der Waals surface area (Å²) in [6, 6.07) is 12.4. The van der Waals surface area contributed by atoms with Crippen LogP contribution in [0.1, 0.15) is 102 Å². The number of amides is 4. The summed E-state index contributed by atoms with van der Waals surface area (Å²) in [5.41, 5.74) is 4.82. The van der Waals surface area contributed by atoms with Gasteiger partial charge in [0.2, 0.25) is 11.9 Å². The maximum absolute atomic E-state index is 12.6. The average Bonchev–Trinajstić information content (AvgIpc) is 2.97. The van der Waals surface area contributed by atoms with Crippen LogP contribution in [0.2, 0.25) is 0 Å². The van der Waals surface area contributed by atoms with Crippen molar-refractivity contribution in [3.05, 3.63) is 48.0 Å². The molecule has 0 bridgehead atoms. The molecule has 0 aliphatic carbocycles. The van der Waals surface area contributed by atoms with Gasteiger partial charge in [0.1, 0.15) is 33.9 Å². The Bertz CT molecular complexity index is 1690. The van der Waals surface area contributed by atoms with Crippen LogP contribution in [-0.4, -0.2) is 71.2 Å². The molecule has 0 aliphatic rings. The largest absolute Gasteiger partial charge is 0.469 e. The summed E-state index contributed by atoms with van der Waals surface area (Å²) in [6.45, 7) is 23.8. The lowest BCUT2D eigenvalue weighted by Crippen LogP contribution is -2.47. The zero-order valence-corrected chi connectivity index (χ0v) is 35.0. The van der Waals surface area contributed by atoms with Crippen LogP contribution in [0, 0.1) is 0 Å². The second kappa shape index (κ2) is 19.3. The van der Waals surface area contributed by atoms with Crippen molar-refractivity contribution in [2.24, 2.45) is 15.7 Å². The van der Waals surface area contributed by atoms with E-state index in [0.29, 0.717) is 22.6 Å². The molecule has 0 spiro atoms. The first-order valence-electron chi connectivity index (χ1n) is 18.0. The molecule has 17 nitrogen and oxygen atoms in total. The molecular weight excluding hydrogens is 726 g/mol. The highest BCUT2D eigenvalue weighted by Crippen LogP contribution is 2.34. The topological polar surface area (TPSA) is 223 Å². The Labute approximate surface area is 329 Å². The Morgan fingerprint density at radius 3 is 1.36 bits per heavy atom. The number of nitrogens with zero attached hydrogens (tertiary/aromatic N) is 2. The molecule has 0 saturated heterocycles. The number of hydrogen-bond donors (Lipinski definition) is 5. The third-order valence-electron chi connectivity index (χ3n) is 6.13. The molecule has 2 rings (SSSR count). The lowest BCUT2D eigenvalue weighted by Gasteiger charge is -2.23. The van der Waals surface area contributed by atoms with Gasteiger partial charge >= 0.3 is 24.4 Å². The van der Waals surface area contributed by atoms with Crippen molar-refractivity contribution >= 4 is 36.3 Å². The molecule has 4 amide bonds. The Hall–Kier alpha value is -5.58. The number of carbonyl (C=O) groups is 4. The Kier molecular flexibility index (Phi) is 16.1. The predicted molar refractivity (Wildman–Crippen MR) is 212 cm³/mol. The molecule has 6 N–H and O–H groups in total. The van der Waals surface area contributed by atoms with Crippen LogP contribution in [0.5, 0.6) is 11.5 Å². The fourth-order valence-electron chi connectivity index (χ4n) is 4.36. The first-order valence-corrected chi connectivity index (χ1v) is 18.0. The fourth-order valence-corrected chi connectivity index (χ4v) is 4.36. The van der Waals surface area contributed by atoms with E-state index >= 15 is 0 Å². The summed E-state index contributed by atoms with van der Waals surface area (Å²) in [6.07, 6.45) is -5.28. The Morgan fingerprint density at radius 1 is 0.589 bits per heavy atom. The number of rotatable bonds is 8. The molecule has 2 unspecified atom stereocenters. The van der Waals surface area contributed by atoms with Gasteiger partial charge in [-0.05, 0) is 132 Å². The molecule has 17 heteroatoms. The van der Waals surface area contributed by atoms with Gasteiger partial charge in [0.15, 0.2) is 12.5 Å². The van der Waals surface area contributed by atoms with Crippen LogP contribution in [-0.2, 0) is 25.5 Å². The van der Waals surface area contributed by atoms with Crippen molar-refractivity contribution in [2.75, 3.05) is 0 Å². The summed E-state index contributed by atoms with van der Waals surface area (Å²) < 4.78 is 33.6. The number of ether oxygens (including phenoxy) is 6. The monoisotopic (exact) mass is 785 g/mol. The zero-order chi connectivity index (χ0) is 42.6. The van der Waals surface area contributed by atoms with Crippen molar-refractivity contribution in [3.63, 3.8) is 0 Å². The first-order chi connectivity index (χ1) is 25.6. The van der Waals surface area contributed by atoms with Gasteiger partial charge < -0.3 is 34.2 Å². The zero-order valence-electron chi connectivity index (χ0n) is 35.0. The molecule has 0 heterocycles. The molecule has 56 heavy (non-hydrogen) atoms. The minimum absolute atomic E-state index is 0.241. The molecule has 0 aromatic heterocycles. The summed E-state index contributed by atoms with van der Waals surface area (Å²) >= 11 is 0. The van der Waals surface area contributed by atoms with Crippen LogP contribution in [0.15, 0.2) is 52.4 Å². The van der Waals surface area contributed by atoms with E-state index in [1.54, 1.807) is 127 Å². The third-order valence-corrected chi connectivity index (χ3v) is 6.13. The SMILES string of the molecule is CC(N=C(NC(=O)OC(C)(C)C)NC(=O)OC(C)(C)C)Oc1cccc(-c2cc(CN)ccc2OC(C)N=C(NC(=O)OC(C)(C)C)NC(=O)OC(C)(C)C)c1. The summed E-state index contributed by atoms with van der Waals surface area (Å²) in [7, 11) is 0. The molecule has 2 aromatic carbocycles. The second-order valence-corrected chi connectivity index (χ2v) is 16.5. The smallest absolute Gasteiger partial charge is 0.414 e. The quantitative estimate of drug-likeness (QED) is 0.103. The number of carbonyl (C=O) groups excluding carboxylic acids is 4. The van der Waals surface area contributed by atoms with Gasteiger partial charge in [-0.15, -0.1) is 0 Å². The minimum Gasteiger partial charge on any atom is -0.469 e. The molecular formula is C39H59N7O10. The van der Waals surface area contributed by atoms with E-state index < -0.39 is 59.2 Å². The highest BCUT2D eigenvalue weighted by molar-refractivity contribution is 6.02. The third kappa shape index (κ3) is 19.1. The number of benzene rings is 2. The summed E-state index contributed by atoms with van der Waals surface area (Å²) in [4.78, 5) is 59.1. The Balaban J connectivity index is 2.43. The van der Waals surface area contributed by atoms with Gasteiger partial charge in [0.05, 0.1) is 0 Å². The van der Waals surface area contributed by atoms with E-state index in [4.69, 9.17) is 34.2 Å². The molecule has 0 saturated carbocycles. The van der Waals surface area contributed by atoms with E-state index in [9.17, 15) is 19.2 Å².